The standard InChI is InChI=1S/C10H15NO7/c1-15-4-5-16-6-7-17-10(14)18-11-8(12)2-3-9(11)13/h2-7H2,1H3. The van der Waals surface area contributed by atoms with Crippen LogP contribution in [0.5, 0.6) is 0 Å². The number of carbonyl (C=O) groups excluding carboxylic acids is 3. The zero-order valence-electron chi connectivity index (χ0n) is 10.0. The third kappa shape index (κ3) is 4.68. The largest absolute Gasteiger partial charge is 0.534 e. The van der Waals surface area contributed by atoms with E-state index in [-0.39, 0.29) is 26.1 Å². The smallest absolute Gasteiger partial charge is 0.430 e. The van der Waals surface area contributed by atoms with Gasteiger partial charge in [0.1, 0.15) is 6.61 Å². The Morgan fingerprint density at radius 2 is 1.72 bits per heavy atom. The highest BCUT2D eigenvalue weighted by atomic mass is 16.8. The summed E-state index contributed by atoms with van der Waals surface area (Å²) in [6, 6.07) is 0. The number of carbonyl (C=O) groups is 3. The molecule has 0 aromatic carbocycles. The van der Waals surface area contributed by atoms with Crippen molar-refractivity contribution < 1.29 is 33.4 Å². The lowest BCUT2D eigenvalue weighted by Crippen LogP contribution is -2.32. The molecule has 8 nitrogen and oxygen atoms in total. The van der Waals surface area contributed by atoms with Crippen LogP contribution in [0.25, 0.3) is 0 Å². The fourth-order valence-corrected chi connectivity index (χ4v) is 1.19. The molecular weight excluding hydrogens is 246 g/mol. The number of rotatable bonds is 7. The van der Waals surface area contributed by atoms with Crippen molar-refractivity contribution in [1.29, 1.82) is 0 Å². The zero-order valence-corrected chi connectivity index (χ0v) is 10.0. The van der Waals surface area contributed by atoms with Gasteiger partial charge in [-0.05, 0) is 0 Å². The van der Waals surface area contributed by atoms with Gasteiger partial charge >= 0.3 is 6.16 Å². The first-order valence-electron chi connectivity index (χ1n) is 5.42. The topological polar surface area (TPSA) is 91.4 Å². The maximum absolute atomic E-state index is 11.1. The van der Waals surface area contributed by atoms with Crippen molar-refractivity contribution in [2.24, 2.45) is 0 Å². The molecule has 0 aromatic heterocycles. The summed E-state index contributed by atoms with van der Waals surface area (Å²) in [4.78, 5) is 37.8. The van der Waals surface area contributed by atoms with Gasteiger partial charge in [-0.3, -0.25) is 14.4 Å². The van der Waals surface area contributed by atoms with Gasteiger partial charge in [-0.15, -0.1) is 0 Å². The minimum Gasteiger partial charge on any atom is -0.430 e. The van der Waals surface area contributed by atoms with Gasteiger partial charge in [-0.25, -0.2) is 4.79 Å². The summed E-state index contributed by atoms with van der Waals surface area (Å²) in [5.74, 6) is -1.10. The first-order valence-corrected chi connectivity index (χ1v) is 5.42. The lowest BCUT2D eigenvalue weighted by molar-refractivity contribution is -0.177. The molecular formula is C10H15NO7. The van der Waals surface area contributed by atoms with Gasteiger partial charge < -0.3 is 14.2 Å². The predicted molar refractivity (Wildman–Crippen MR) is 56.2 cm³/mol. The van der Waals surface area contributed by atoms with Gasteiger partial charge in [0, 0.05) is 20.0 Å². The maximum atomic E-state index is 11.1. The Hall–Kier alpha value is -1.67. The molecule has 0 aromatic rings. The monoisotopic (exact) mass is 261 g/mol. The van der Waals surface area contributed by atoms with Crippen molar-refractivity contribution >= 4 is 18.0 Å². The van der Waals surface area contributed by atoms with Crippen molar-refractivity contribution in [2.75, 3.05) is 33.5 Å². The maximum Gasteiger partial charge on any atom is 0.534 e. The van der Waals surface area contributed by atoms with Gasteiger partial charge in [-0.1, -0.05) is 5.06 Å². The summed E-state index contributed by atoms with van der Waals surface area (Å²) in [5, 5.41) is 0.425. The number of methoxy groups -OCH3 is 1. The molecule has 8 heteroatoms. The van der Waals surface area contributed by atoms with Crippen LogP contribution < -0.4 is 0 Å². The van der Waals surface area contributed by atoms with Crippen LogP contribution in [0.3, 0.4) is 0 Å². The van der Waals surface area contributed by atoms with E-state index in [4.69, 9.17) is 9.47 Å². The van der Waals surface area contributed by atoms with E-state index in [1.165, 1.54) is 0 Å². The molecule has 0 atom stereocenters. The van der Waals surface area contributed by atoms with Crippen LogP contribution in [0.15, 0.2) is 0 Å². The molecule has 2 amide bonds. The quantitative estimate of drug-likeness (QED) is 0.358. The Kier molecular flexibility index (Phi) is 6.09. The van der Waals surface area contributed by atoms with Crippen LogP contribution in [0.2, 0.25) is 0 Å². The summed E-state index contributed by atoms with van der Waals surface area (Å²) in [5.41, 5.74) is 0. The van der Waals surface area contributed by atoms with Crippen molar-refractivity contribution in [1.82, 2.24) is 5.06 Å². The summed E-state index contributed by atoms with van der Waals surface area (Å²) >= 11 is 0. The number of ether oxygens (including phenoxy) is 3. The second-order valence-electron chi connectivity index (χ2n) is 3.38. The zero-order chi connectivity index (χ0) is 13.4. The van der Waals surface area contributed by atoms with E-state index in [1.807, 2.05) is 0 Å². The van der Waals surface area contributed by atoms with E-state index in [0.29, 0.717) is 18.3 Å². The molecule has 0 N–H and O–H groups in total. The Balaban J connectivity index is 2.10. The predicted octanol–water partition coefficient (Wildman–Crippen LogP) is -0.133. The molecule has 1 aliphatic rings. The molecule has 0 aliphatic carbocycles. The number of hydrogen-bond acceptors (Lipinski definition) is 7. The number of hydrogen-bond donors (Lipinski definition) is 0. The van der Waals surface area contributed by atoms with Gasteiger partial charge in [0.2, 0.25) is 0 Å². The average molecular weight is 261 g/mol. The molecule has 0 saturated carbocycles. The van der Waals surface area contributed by atoms with Gasteiger partial charge in [0.15, 0.2) is 0 Å². The molecule has 18 heavy (non-hydrogen) atoms. The van der Waals surface area contributed by atoms with Crippen molar-refractivity contribution in [2.45, 2.75) is 12.8 Å². The SMILES string of the molecule is COCCOCCOC(=O)ON1C(=O)CCC1=O. The van der Waals surface area contributed by atoms with Crippen LogP contribution in [0.4, 0.5) is 4.79 Å². The van der Waals surface area contributed by atoms with Crippen LogP contribution >= 0.6 is 0 Å². The average Bonchev–Trinajstić information content (AvgIpc) is 2.65. The van der Waals surface area contributed by atoms with E-state index < -0.39 is 18.0 Å². The van der Waals surface area contributed by atoms with Gasteiger partial charge in [0.25, 0.3) is 11.8 Å². The number of amides is 2. The highest BCUT2D eigenvalue weighted by Crippen LogP contribution is 2.12. The third-order valence-electron chi connectivity index (χ3n) is 2.05. The molecule has 1 fully saturated rings. The van der Waals surface area contributed by atoms with E-state index in [9.17, 15) is 14.4 Å². The molecule has 1 heterocycles. The molecule has 1 aliphatic heterocycles. The van der Waals surface area contributed by atoms with E-state index in [2.05, 4.69) is 9.57 Å². The molecule has 1 rings (SSSR count). The Bertz CT molecular complexity index is 301. The van der Waals surface area contributed by atoms with E-state index in [1.54, 1.807) is 7.11 Å². The van der Waals surface area contributed by atoms with Crippen molar-refractivity contribution in [3.63, 3.8) is 0 Å². The van der Waals surface area contributed by atoms with Crippen LogP contribution in [-0.2, 0) is 28.6 Å². The molecule has 0 spiro atoms. The second kappa shape index (κ2) is 7.62. The van der Waals surface area contributed by atoms with Crippen molar-refractivity contribution in [3.8, 4) is 0 Å². The van der Waals surface area contributed by atoms with Crippen LogP contribution in [-0.4, -0.2) is 56.6 Å². The van der Waals surface area contributed by atoms with E-state index >= 15 is 0 Å². The molecule has 0 unspecified atom stereocenters. The number of nitrogens with zero attached hydrogens (tertiary/aromatic N) is 1. The summed E-state index contributed by atoms with van der Waals surface area (Å²) in [6.45, 7) is 0.984. The highest BCUT2D eigenvalue weighted by Gasteiger charge is 2.33. The Morgan fingerprint density at radius 1 is 1.11 bits per heavy atom. The summed E-state index contributed by atoms with van der Waals surface area (Å²) < 4.78 is 14.4. The highest BCUT2D eigenvalue weighted by molar-refractivity contribution is 6.01. The molecule has 102 valence electrons. The van der Waals surface area contributed by atoms with Crippen LogP contribution in [0.1, 0.15) is 12.8 Å². The third-order valence-corrected chi connectivity index (χ3v) is 2.05. The van der Waals surface area contributed by atoms with E-state index in [0.717, 1.165) is 0 Å². The Labute approximate surface area is 104 Å². The van der Waals surface area contributed by atoms with Gasteiger partial charge in [-0.2, -0.15) is 0 Å². The molecule has 0 bridgehead atoms. The number of hydroxylamine groups is 2. The lowest BCUT2D eigenvalue weighted by Gasteiger charge is -2.12. The molecule has 0 radical (unpaired) electrons. The summed E-state index contributed by atoms with van der Waals surface area (Å²) in [7, 11) is 1.54. The minimum atomic E-state index is -1.10. The first-order chi connectivity index (χ1) is 8.65. The fraction of sp³-hybridized carbons (Fsp3) is 0.700. The van der Waals surface area contributed by atoms with Gasteiger partial charge in [0.05, 0.1) is 19.8 Å². The fourth-order valence-electron chi connectivity index (χ4n) is 1.19. The normalized spacial score (nSPS) is 15.1. The number of imide groups is 1. The minimum absolute atomic E-state index is 0.0290. The van der Waals surface area contributed by atoms with Crippen molar-refractivity contribution in [3.05, 3.63) is 0 Å². The summed E-state index contributed by atoms with van der Waals surface area (Å²) in [6.07, 6.45) is -1.01. The molecule has 1 saturated heterocycles. The van der Waals surface area contributed by atoms with Crippen LogP contribution in [0, 0.1) is 0 Å². The second-order valence-corrected chi connectivity index (χ2v) is 3.38. The first kappa shape index (κ1) is 14.4. The Morgan fingerprint density at radius 3 is 2.33 bits per heavy atom. The lowest BCUT2D eigenvalue weighted by atomic mass is 10.4.